The smallest absolute Gasteiger partial charge is 0.291 e. The third-order valence-corrected chi connectivity index (χ3v) is 2.05. The molecular formula is C10H18F2O. The van der Waals surface area contributed by atoms with Gasteiger partial charge in [0.15, 0.2) is 0 Å². The van der Waals surface area contributed by atoms with E-state index < -0.39 is 12.0 Å². The molecule has 0 aliphatic carbocycles. The van der Waals surface area contributed by atoms with Gasteiger partial charge in [0.1, 0.15) is 6.10 Å². The van der Waals surface area contributed by atoms with Crippen LogP contribution in [0, 0.1) is 0 Å². The Balaban J connectivity index is 3.61. The van der Waals surface area contributed by atoms with Crippen LogP contribution in [0.25, 0.3) is 0 Å². The number of unbranched alkanes of at least 4 members (excludes halogenated alkanes) is 3. The highest BCUT2D eigenvalue weighted by Gasteiger charge is 2.33. The van der Waals surface area contributed by atoms with Crippen molar-refractivity contribution in [2.45, 2.75) is 51.1 Å². The van der Waals surface area contributed by atoms with E-state index in [1.165, 1.54) is 0 Å². The van der Waals surface area contributed by atoms with E-state index in [0.29, 0.717) is 12.5 Å². The van der Waals surface area contributed by atoms with E-state index in [0.717, 1.165) is 19.3 Å². The molecule has 0 saturated carbocycles. The molecule has 78 valence electrons. The van der Waals surface area contributed by atoms with Crippen molar-refractivity contribution in [2.24, 2.45) is 0 Å². The Labute approximate surface area is 78.5 Å². The first-order valence-electron chi connectivity index (χ1n) is 4.74. The van der Waals surface area contributed by atoms with Gasteiger partial charge in [-0.25, -0.2) is 0 Å². The van der Waals surface area contributed by atoms with Crippen molar-refractivity contribution in [1.29, 1.82) is 0 Å². The Bertz CT molecular complexity index is 146. The van der Waals surface area contributed by atoms with Crippen molar-refractivity contribution < 1.29 is 13.9 Å². The zero-order valence-corrected chi connectivity index (χ0v) is 8.10. The lowest BCUT2D eigenvalue weighted by atomic mass is 10.0. The quantitative estimate of drug-likeness (QED) is 0.485. The number of aliphatic hydroxyl groups excluding tert-OH is 1. The van der Waals surface area contributed by atoms with Crippen LogP contribution in [0.4, 0.5) is 8.78 Å². The average Bonchev–Trinajstić information content (AvgIpc) is 2.12. The third kappa shape index (κ3) is 4.98. The van der Waals surface area contributed by atoms with E-state index in [1.54, 1.807) is 0 Å². The van der Waals surface area contributed by atoms with E-state index >= 15 is 0 Å². The van der Waals surface area contributed by atoms with E-state index in [-0.39, 0.29) is 6.42 Å². The van der Waals surface area contributed by atoms with Gasteiger partial charge in [-0.3, -0.25) is 0 Å². The highest BCUT2D eigenvalue weighted by Crippen LogP contribution is 2.23. The lowest BCUT2D eigenvalue weighted by Crippen LogP contribution is -2.30. The topological polar surface area (TPSA) is 20.2 Å². The molecular weight excluding hydrogens is 174 g/mol. The van der Waals surface area contributed by atoms with Gasteiger partial charge in [0.2, 0.25) is 0 Å². The first kappa shape index (κ1) is 12.6. The first-order chi connectivity index (χ1) is 6.04. The fourth-order valence-corrected chi connectivity index (χ4v) is 1.09. The van der Waals surface area contributed by atoms with Crippen LogP contribution in [0.15, 0.2) is 12.7 Å². The fraction of sp³-hybridized carbons (Fsp3) is 0.800. The molecule has 0 radical (unpaired) electrons. The van der Waals surface area contributed by atoms with Gasteiger partial charge in [-0.1, -0.05) is 39.2 Å². The van der Waals surface area contributed by atoms with Gasteiger partial charge < -0.3 is 5.11 Å². The van der Waals surface area contributed by atoms with Gasteiger partial charge in [0, 0.05) is 0 Å². The van der Waals surface area contributed by atoms with E-state index in [2.05, 4.69) is 13.5 Å². The minimum absolute atomic E-state index is 0.152. The van der Waals surface area contributed by atoms with E-state index in [1.807, 2.05) is 0 Å². The molecule has 1 nitrogen and oxygen atoms in total. The van der Waals surface area contributed by atoms with Gasteiger partial charge in [-0.05, 0) is 12.5 Å². The molecule has 1 N–H and O–H groups in total. The van der Waals surface area contributed by atoms with E-state index in [4.69, 9.17) is 5.11 Å². The summed E-state index contributed by atoms with van der Waals surface area (Å²) in [5.74, 6) is -3.13. The molecule has 1 atom stereocenters. The number of alkyl halides is 2. The first-order valence-corrected chi connectivity index (χ1v) is 4.74. The molecule has 0 aromatic heterocycles. The van der Waals surface area contributed by atoms with Crippen LogP contribution in [-0.4, -0.2) is 17.1 Å². The number of aliphatic hydroxyl groups is 1. The number of hydrogen-bond donors (Lipinski definition) is 1. The van der Waals surface area contributed by atoms with Gasteiger partial charge in [-0.2, -0.15) is 8.78 Å². The molecule has 0 fully saturated rings. The summed E-state index contributed by atoms with van der Waals surface area (Å²) in [6.45, 7) is 5.04. The highest BCUT2D eigenvalue weighted by molar-refractivity contribution is 4.92. The predicted octanol–water partition coefficient (Wildman–Crippen LogP) is 3.14. The maximum Gasteiger partial charge on any atom is 0.291 e. The summed E-state index contributed by atoms with van der Waals surface area (Å²) in [6, 6.07) is 0. The minimum Gasteiger partial charge on any atom is -0.386 e. The summed E-state index contributed by atoms with van der Waals surface area (Å²) < 4.78 is 25.4. The lowest BCUT2D eigenvalue weighted by molar-refractivity contribution is -0.0730. The number of rotatable bonds is 7. The SMILES string of the molecule is C=CC(F)(F)C(O)CCCCCC. The van der Waals surface area contributed by atoms with Crippen molar-refractivity contribution in [3.8, 4) is 0 Å². The van der Waals surface area contributed by atoms with Crippen molar-refractivity contribution in [2.75, 3.05) is 0 Å². The Hall–Kier alpha value is -0.440. The normalized spacial score (nSPS) is 14.2. The van der Waals surface area contributed by atoms with Crippen LogP contribution in [0.3, 0.4) is 0 Å². The van der Waals surface area contributed by atoms with Crippen LogP contribution < -0.4 is 0 Å². The fourth-order valence-electron chi connectivity index (χ4n) is 1.09. The zero-order chi connectivity index (χ0) is 10.3. The molecule has 0 bridgehead atoms. The van der Waals surface area contributed by atoms with Crippen molar-refractivity contribution in [3.63, 3.8) is 0 Å². The molecule has 0 aromatic rings. The summed E-state index contributed by atoms with van der Waals surface area (Å²) in [5.41, 5.74) is 0. The molecule has 13 heavy (non-hydrogen) atoms. The van der Waals surface area contributed by atoms with Crippen molar-refractivity contribution >= 4 is 0 Å². The summed E-state index contributed by atoms with van der Waals surface area (Å²) in [6.07, 6.45) is 2.75. The average molecular weight is 192 g/mol. The highest BCUT2D eigenvalue weighted by atomic mass is 19.3. The van der Waals surface area contributed by atoms with Gasteiger partial charge in [0.05, 0.1) is 0 Å². The van der Waals surface area contributed by atoms with Gasteiger partial charge in [-0.15, -0.1) is 0 Å². The number of hydrogen-bond acceptors (Lipinski definition) is 1. The molecule has 1 unspecified atom stereocenters. The van der Waals surface area contributed by atoms with Crippen LogP contribution in [0.5, 0.6) is 0 Å². The van der Waals surface area contributed by atoms with Crippen LogP contribution >= 0.6 is 0 Å². The largest absolute Gasteiger partial charge is 0.386 e. The molecule has 3 heteroatoms. The molecule has 0 aliphatic heterocycles. The zero-order valence-electron chi connectivity index (χ0n) is 8.10. The maximum absolute atomic E-state index is 12.7. The summed E-state index contributed by atoms with van der Waals surface area (Å²) in [5, 5.41) is 9.06. The lowest BCUT2D eigenvalue weighted by Gasteiger charge is -2.18. The second-order valence-electron chi connectivity index (χ2n) is 3.24. The maximum atomic E-state index is 12.7. The molecule has 0 aliphatic rings. The second-order valence-corrected chi connectivity index (χ2v) is 3.24. The van der Waals surface area contributed by atoms with Gasteiger partial charge in [0.25, 0.3) is 5.92 Å². The van der Waals surface area contributed by atoms with E-state index in [9.17, 15) is 8.78 Å². The molecule has 0 saturated heterocycles. The monoisotopic (exact) mass is 192 g/mol. The second kappa shape index (κ2) is 6.08. The summed E-state index contributed by atoms with van der Waals surface area (Å²) in [7, 11) is 0. The standard InChI is InChI=1S/C10H18F2O/c1-3-5-6-7-8-9(13)10(11,12)4-2/h4,9,13H,2-3,5-8H2,1H3. The third-order valence-electron chi connectivity index (χ3n) is 2.05. The molecule has 0 aromatic carbocycles. The Morgan fingerprint density at radius 1 is 1.38 bits per heavy atom. The van der Waals surface area contributed by atoms with Gasteiger partial charge >= 0.3 is 0 Å². The van der Waals surface area contributed by atoms with Crippen LogP contribution in [0.2, 0.25) is 0 Å². The molecule has 0 rings (SSSR count). The molecule has 0 spiro atoms. The van der Waals surface area contributed by atoms with Crippen molar-refractivity contribution in [3.05, 3.63) is 12.7 Å². The Kier molecular flexibility index (Phi) is 5.88. The van der Waals surface area contributed by atoms with Crippen LogP contribution in [0.1, 0.15) is 39.0 Å². The molecule has 0 heterocycles. The minimum atomic E-state index is -3.13. The summed E-state index contributed by atoms with van der Waals surface area (Å²) >= 11 is 0. The Morgan fingerprint density at radius 3 is 2.46 bits per heavy atom. The Morgan fingerprint density at radius 2 is 2.00 bits per heavy atom. The van der Waals surface area contributed by atoms with Crippen molar-refractivity contribution in [1.82, 2.24) is 0 Å². The molecule has 0 amide bonds. The van der Waals surface area contributed by atoms with Crippen LogP contribution in [-0.2, 0) is 0 Å². The summed E-state index contributed by atoms with van der Waals surface area (Å²) in [4.78, 5) is 0. The number of halogens is 2. The predicted molar refractivity (Wildman–Crippen MR) is 49.9 cm³/mol.